The van der Waals surface area contributed by atoms with Gasteiger partial charge in [0.1, 0.15) is 0 Å². The summed E-state index contributed by atoms with van der Waals surface area (Å²) < 4.78 is 0. The predicted octanol–water partition coefficient (Wildman–Crippen LogP) is 1.22. The van der Waals surface area contributed by atoms with Crippen molar-refractivity contribution in [2.45, 2.75) is 52.5 Å². The van der Waals surface area contributed by atoms with E-state index in [0.717, 1.165) is 45.4 Å². The van der Waals surface area contributed by atoms with E-state index in [1.807, 2.05) is 4.90 Å². The van der Waals surface area contributed by atoms with Crippen molar-refractivity contribution < 1.29 is 9.59 Å². The molecule has 0 spiro atoms. The van der Waals surface area contributed by atoms with Crippen molar-refractivity contribution in [3.8, 4) is 0 Å². The third-order valence-corrected chi connectivity index (χ3v) is 4.42. The molecule has 5 heteroatoms. The van der Waals surface area contributed by atoms with E-state index in [-0.39, 0.29) is 23.3 Å². The van der Waals surface area contributed by atoms with Gasteiger partial charge >= 0.3 is 0 Å². The first kappa shape index (κ1) is 16.3. The second-order valence-corrected chi connectivity index (χ2v) is 7.80. The molecule has 2 amide bonds. The van der Waals surface area contributed by atoms with Crippen LogP contribution < -0.4 is 5.73 Å². The van der Waals surface area contributed by atoms with E-state index >= 15 is 0 Å². The molecule has 2 aliphatic heterocycles. The van der Waals surface area contributed by atoms with Crippen LogP contribution in [0.15, 0.2) is 0 Å². The number of nitrogens with two attached hydrogens (primary N) is 1. The van der Waals surface area contributed by atoms with Crippen LogP contribution in [-0.4, -0.2) is 53.8 Å². The molecule has 2 fully saturated rings. The minimum atomic E-state index is -0.230. The number of hydrogen-bond donors (Lipinski definition) is 1. The van der Waals surface area contributed by atoms with Crippen molar-refractivity contribution >= 4 is 11.8 Å². The fourth-order valence-electron chi connectivity index (χ4n) is 3.59. The molecule has 0 saturated carbocycles. The van der Waals surface area contributed by atoms with Gasteiger partial charge in [0.25, 0.3) is 0 Å². The molecule has 2 N–H and O–H groups in total. The van der Waals surface area contributed by atoms with Gasteiger partial charge in [0.05, 0.1) is 6.04 Å². The van der Waals surface area contributed by atoms with Crippen LogP contribution in [0, 0.1) is 11.3 Å². The van der Waals surface area contributed by atoms with Crippen LogP contribution >= 0.6 is 0 Å². The van der Waals surface area contributed by atoms with Gasteiger partial charge in [-0.3, -0.25) is 14.5 Å². The van der Waals surface area contributed by atoms with Crippen LogP contribution in [0.1, 0.15) is 46.5 Å². The van der Waals surface area contributed by atoms with Crippen LogP contribution in [0.4, 0.5) is 0 Å². The number of carbonyl (C=O) groups is 2. The number of nitrogens with zero attached hydrogens (tertiary/aromatic N) is 2. The highest BCUT2D eigenvalue weighted by Crippen LogP contribution is 2.27. The van der Waals surface area contributed by atoms with Gasteiger partial charge in [-0.05, 0) is 37.1 Å². The highest BCUT2D eigenvalue weighted by Gasteiger charge is 2.37. The summed E-state index contributed by atoms with van der Waals surface area (Å²) in [5.74, 6) is 0.371. The minimum absolute atomic E-state index is 0.0129. The van der Waals surface area contributed by atoms with E-state index in [9.17, 15) is 9.59 Å². The number of rotatable bonds is 4. The Morgan fingerprint density at radius 3 is 2.62 bits per heavy atom. The Balaban J connectivity index is 1.94. The molecule has 0 bridgehead atoms. The Morgan fingerprint density at radius 2 is 2.00 bits per heavy atom. The number of primary amides is 1. The van der Waals surface area contributed by atoms with E-state index in [0.29, 0.717) is 12.3 Å². The van der Waals surface area contributed by atoms with E-state index in [1.165, 1.54) is 0 Å². The van der Waals surface area contributed by atoms with E-state index < -0.39 is 0 Å². The maximum absolute atomic E-state index is 12.7. The molecule has 2 saturated heterocycles. The topological polar surface area (TPSA) is 66.6 Å². The lowest BCUT2D eigenvalue weighted by Crippen LogP contribution is -2.53. The summed E-state index contributed by atoms with van der Waals surface area (Å²) in [5.41, 5.74) is 5.42. The van der Waals surface area contributed by atoms with Gasteiger partial charge in [-0.1, -0.05) is 20.8 Å². The SMILES string of the molecule is CC(C)(C)CN1CCCC(N2CCC(CC(N)=O)C2)C1=O. The summed E-state index contributed by atoms with van der Waals surface area (Å²) in [6, 6.07) is 0.0129. The zero-order valence-corrected chi connectivity index (χ0v) is 13.6. The summed E-state index contributed by atoms with van der Waals surface area (Å²) in [6.07, 6.45) is 3.45. The van der Waals surface area contributed by atoms with Gasteiger partial charge in [0, 0.05) is 26.1 Å². The Kier molecular flexibility index (Phi) is 4.91. The third-order valence-electron chi connectivity index (χ3n) is 4.42. The van der Waals surface area contributed by atoms with Crippen molar-refractivity contribution in [2.24, 2.45) is 17.1 Å². The van der Waals surface area contributed by atoms with Crippen LogP contribution in [0.2, 0.25) is 0 Å². The van der Waals surface area contributed by atoms with Crippen LogP contribution in [0.5, 0.6) is 0 Å². The van der Waals surface area contributed by atoms with Crippen molar-refractivity contribution in [2.75, 3.05) is 26.2 Å². The van der Waals surface area contributed by atoms with Gasteiger partial charge in [0.15, 0.2) is 0 Å². The normalized spacial score (nSPS) is 28.1. The van der Waals surface area contributed by atoms with Gasteiger partial charge < -0.3 is 10.6 Å². The van der Waals surface area contributed by atoms with Gasteiger partial charge in [0.2, 0.25) is 11.8 Å². The van der Waals surface area contributed by atoms with E-state index in [4.69, 9.17) is 5.73 Å². The summed E-state index contributed by atoms with van der Waals surface area (Å²) >= 11 is 0. The highest BCUT2D eigenvalue weighted by atomic mass is 16.2. The van der Waals surface area contributed by atoms with E-state index in [1.54, 1.807) is 0 Å². The fraction of sp³-hybridized carbons (Fsp3) is 0.875. The third kappa shape index (κ3) is 4.43. The molecule has 2 rings (SSSR count). The number of amides is 2. The standard InChI is InChI=1S/C16H29N3O2/c1-16(2,3)11-19-7-4-5-13(15(19)21)18-8-6-12(10-18)9-14(17)20/h12-13H,4-11H2,1-3H3,(H2,17,20). The molecule has 0 aromatic rings. The average Bonchev–Trinajstić information content (AvgIpc) is 2.77. The second-order valence-electron chi connectivity index (χ2n) is 7.80. The first-order valence-corrected chi connectivity index (χ1v) is 8.07. The molecule has 120 valence electrons. The monoisotopic (exact) mass is 295 g/mol. The fourth-order valence-corrected chi connectivity index (χ4v) is 3.59. The van der Waals surface area contributed by atoms with Gasteiger partial charge in [-0.15, -0.1) is 0 Å². The van der Waals surface area contributed by atoms with Crippen molar-refractivity contribution in [3.63, 3.8) is 0 Å². The first-order valence-electron chi connectivity index (χ1n) is 8.07. The molecule has 0 aromatic carbocycles. The Labute approximate surface area is 127 Å². The van der Waals surface area contributed by atoms with E-state index in [2.05, 4.69) is 25.7 Å². The molecular weight excluding hydrogens is 266 g/mol. The quantitative estimate of drug-likeness (QED) is 0.848. The second kappa shape index (κ2) is 6.34. The van der Waals surface area contributed by atoms with Gasteiger partial charge in [-0.25, -0.2) is 0 Å². The Hall–Kier alpha value is -1.10. The molecule has 0 radical (unpaired) electrons. The smallest absolute Gasteiger partial charge is 0.239 e. The lowest BCUT2D eigenvalue weighted by Gasteiger charge is -2.39. The molecule has 0 aliphatic carbocycles. The maximum Gasteiger partial charge on any atom is 0.239 e. The van der Waals surface area contributed by atoms with Crippen LogP contribution in [0.25, 0.3) is 0 Å². The van der Waals surface area contributed by atoms with Crippen molar-refractivity contribution in [1.82, 2.24) is 9.80 Å². The van der Waals surface area contributed by atoms with Crippen molar-refractivity contribution in [1.29, 1.82) is 0 Å². The zero-order valence-electron chi connectivity index (χ0n) is 13.6. The molecule has 2 aliphatic rings. The maximum atomic E-state index is 12.7. The largest absolute Gasteiger partial charge is 0.370 e. The number of carbonyl (C=O) groups excluding carboxylic acids is 2. The molecular formula is C16H29N3O2. The summed E-state index contributed by atoms with van der Waals surface area (Å²) in [4.78, 5) is 28.0. The number of likely N-dealkylation sites (tertiary alicyclic amines) is 2. The molecule has 0 aromatic heterocycles. The summed E-state index contributed by atoms with van der Waals surface area (Å²) in [5, 5.41) is 0. The summed E-state index contributed by atoms with van der Waals surface area (Å²) in [7, 11) is 0. The van der Waals surface area contributed by atoms with Gasteiger partial charge in [-0.2, -0.15) is 0 Å². The molecule has 2 heterocycles. The lowest BCUT2D eigenvalue weighted by molar-refractivity contribution is -0.141. The molecule has 2 atom stereocenters. The van der Waals surface area contributed by atoms with Crippen LogP contribution in [0.3, 0.4) is 0 Å². The minimum Gasteiger partial charge on any atom is -0.370 e. The van der Waals surface area contributed by atoms with Crippen molar-refractivity contribution in [3.05, 3.63) is 0 Å². The number of hydrogen-bond acceptors (Lipinski definition) is 3. The Morgan fingerprint density at radius 1 is 1.29 bits per heavy atom. The molecule has 5 nitrogen and oxygen atoms in total. The first-order chi connectivity index (χ1) is 9.76. The molecule has 21 heavy (non-hydrogen) atoms. The number of piperidine rings is 1. The Bertz CT molecular complexity index is 403. The predicted molar refractivity (Wildman–Crippen MR) is 82.5 cm³/mol. The lowest BCUT2D eigenvalue weighted by atomic mass is 9.93. The highest BCUT2D eigenvalue weighted by molar-refractivity contribution is 5.82. The average molecular weight is 295 g/mol. The van der Waals surface area contributed by atoms with Crippen LogP contribution in [-0.2, 0) is 9.59 Å². The molecule has 2 unspecified atom stereocenters. The zero-order chi connectivity index (χ0) is 15.6. The summed E-state index contributed by atoms with van der Waals surface area (Å²) in [6.45, 7) is 9.96.